The lowest BCUT2D eigenvalue weighted by Crippen LogP contribution is -2.28. The van der Waals surface area contributed by atoms with Crippen molar-refractivity contribution in [2.75, 3.05) is 32.0 Å². The smallest absolute Gasteiger partial charge is 0.419 e. The quantitative estimate of drug-likeness (QED) is 0.727. The van der Waals surface area contributed by atoms with E-state index in [1.54, 1.807) is 10.6 Å². The van der Waals surface area contributed by atoms with Gasteiger partial charge in [-0.2, -0.15) is 0 Å². The zero-order chi connectivity index (χ0) is 17.1. The number of aromatic nitrogens is 1. The molecule has 0 spiro atoms. The molecule has 0 aliphatic carbocycles. The zero-order valence-electron chi connectivity index (χ0n) is 14.2. The lowest BCUT2D eigenvalue weighted by Gasteiger charge is -2.17. The highest BCUT2D eigenvalue weighted by Crippen LogP contribution is 2.30. The minimum Gasteiger partial charge on any atom is -0.448 e. The Morgan fingerprint density at radius 3 is 2.54 bits per heavy atom. The Morgan fingerprint density at radius 2 is 1.79 bits per heavy atom. The molecule has 2 aromatic carbocycles. The lowest BCUT2D eigenvalue weighted by molar-refractivity contribution is 0.132. The van der Waals surface area contributed by atoms with E-state index in [9.17, 15) is 4.79 Å². The first-order chi connectivity index (χ1) is 11.7. The number of ether oxygens (including phenoxy) is 1. The molecule has 0 atom stereocenters. The minimum atomic E-state index is -0.349. The van der Waals surface area contributed by atoms with E-state index in [0.29, 0.717) is 12.3 Å². The maximum Gasteiger partial charge on any atom is 0.419 e. The molecule has 5 nitrogen and oxygen atoms in total. The van der Waals surface area contributed by atoms with E-state index in [-0.39, 0.29) is 6.09 Å². The molecule has 1 aromatic heterocycles. The van der Waals surface area contributed by atoms with Crippen molar-refractivity contribution in [2.45, 2.75) is 13.8 Å². The summed E-state index contributed by atoms with van der Waals surface area (Å²) < 4.78 is 7.15. The fourth-order valence-corrected chi connectivity index (χ4v) is 3.05. The Morgan fingerprint density at radius 1 is 1.08 bits per heavy atom. The lowest BCUT2D eigenvalue weighted by atomic mass is 10.1. The number of hydrogen-bond acceptors (Lipinski definition) is 4. The van der Waals surface area contributed by atoms with Crippen molar-refractivity contribution in [1.29, 1.82) is 0 Å². The van der Waals surface area contributed by atoms with Gasteiger partial charge in [0.25, 0.3) is 0 Å². The second-order valence-electron chi connectivity index (χ2n) is 5.77. The molecule has 0 saturated carbocycles. The summed E-state index contributed by atoms with van der Waals surface area (Å²) >= 11 is 0. The molecule has 1 heterocycles. The SMILES string of the molecule is CCN(CC)CCOC(=O)n1c2ccccc2c2cc(N)ccc21. The van der Waals surface area contributed by atoms with Crippen molar-refractivity contribution in [3.8, 4) is 0 Å². The number of benzene rings is 2. The topological polar surface area (TPSA) is 60.5 Å². The molecule has 0 amide bonds. The first-order valence-corrected chi connectivity index (χ1v) is 8.33. The highest BCUT2D eigenvalue weighted by molar-refractivity contribution is 6.13. The van der Waals surface area contributed by atoms with Crippen LogP contribution in [0.5, 0.6) is 0 Å². The minimum absolute atomic E-state index is 0.349. The van der Waals surface area contributed by atoms with Gasteiger partial charge in [-0.25, -0.2) is 9.36 Å². The van der Waals surface area contributed by atoms with E-state index in [1.165, 1.54) is 0 Å². The van der Waals surface area contributed by atoms with Crippen molar-refractivity contribution >= 4 is 33.6 Å². The molecule has 0 saturated heterocycles. The first-order valence-electron chi connectivity index (χ1n) is 8.33. The van der Waals surface area contributed by atoms with Crippen LogP contribution in [-0.2, 0) is 4.74 Å². The first kappa shape index (κ1) is 16.3. The average molecular weight is 325 g/mol. The highest BCUT2D eigenvalue weighted by Gasteiger charge is 2.17. The average Bonchev–Trinajstić information content (AvgIpc) is 2.92. The predicted molar refractivity (Wildman–Crippen MR) is 98.4 cm³/mol. The van der Waals surface area contributed by atoms with E-state index in [0.717, 1.165) is 41.4 Å². The van der Waals surface area contributed by atoms with Crippen molar-refractivity contribution < 1.29 is 9.53 Å². The standard InChI is InChI=1S/C19H23N3O2/c1-3-21(4-2)11-12-24-19(23)22-17-8-6-5-7-15(17)16-13-14(20)9-10-18(16)22/h5-10,13H,3-4,11-12,20H2,1-2H3. The number of fused-ring (bicyclic) bond motifs is 3. The summed E-state index contributed by atoms with van der Waals surface area (Å²) in [6.45, 7) is 7.21. The van der Waals surface area contributed by atoms with E-state index < -0.39 is 0 Å². The Balaban J connectivity index is 1.94. The third kappa shape index (κ3) is 2.95. The number of carbonyl (C=O) groups excluding carboxylic acids is 1. The van der Waals surface area contributed by atoms with Gasteiger partial charge in [0, 0.05) is 23.0 Å². The van der Waals surface area contributed by atoms with Crippen LogP contribution in [0.4, 0.5) is 10.5 Å². The van der Waals surface area contributed by atoms with Gasteiger partial charge in [-0.3, -0.25) is 0 Å². The van der Waals surface area contributed by atoms with Crippen LogP contribution in [0.2, 0.25) is 0 Å². The molecule has 0 unspecified atom stereocenters. The Bertz CT molecular complexity index is 866. The number of nitrogens with two attached hydrogens (primary N) is 1. The van der Waals surface area contributed by atoms with Crippen LogP contribution < -0.4 is 5.73 Å². The van der Waals surface area contributed by atoms with Crippen LogP contribution in [0.3, 0.4) is 0 Å². The van der Waals surface area contributed by atoms with Crippen molar-refractivity contribution in [3.05, 3.63) is 42.5 Å². The number of hydrogen-bond donors (Lipinski definition) is 1. The largest absolute Gasteiger partial charge is 0.448 e. The summed E-state index contributed by atoms with van der Waals surface area (Å²) in [4.78, 5) is 14.9. The molecule has 3 rings (SSSR count). The molecule has 0 aliphatic heterocycles. The molecule has 3 aromatic rings. The van der Waals surface area contributed by atoms with Gasteiger partial charge < -0.3 is 15.4 Å². The van der Waals surface area contributed by atoms with Gasteiger partial charge in [-0.15, -0.1) is 0 Å². The Hall–Kier alpha value is -2.53. The highest BCUT2D eigenvalue weighted by atomic mass is 16.5. The van der Waals surface area contributed by atoms with E-state index in [1.807, 2.05) is 36.4 Å². The van der Waals surface area contributed by atoms with E-state index in [4.69, 9.17) is 10.5 Å². The molecule has 0 fully saturated rings. The Labute approximate surface area is 141 Å². The number of likely N-dealkylation sites (N-methyl/N-ethyl adjacent to an activating group) is 1. The molecular weight excluding hydrogens is 302 g/mol. The summed E-state index contributed by atoms with van der Waals surface area (Å²) in [7, 11) is 0. The fourth-order valence-electron chi connectivity index (χ4n) is 3.05. The number of nitrogens with zero attached hydrogens (tertiary/aromatic N) is 2. The molecule has 0 bridgehead atoms. The van der Waals surface area contributed by atoms with Crippen LogP contribution in [-0.4, -0.2) is 41.8 Å². The van der Waals surface area contributed by atoms with Gasteiger partial charge in [0.2, 0.25) is 0 Å². The van der Waals surface area contributed by atoms with E-state index in [2.05, 4.69) is 18.7 Å². The fraction of sp³-hybridized carbons (Fsp3) is 0.316. The van der Waals surface area contributed by atoms with Gasteiger partial charge in [0.1, 0.15) is 6.61 Å². The van der Waals surface area contributed by atoms with Crippen molar-refractivity contribution in [3.63, 3.8) is 0 Å². The molecule has 0 aliphatic rings. The summed E-state index contributed by atoms with van der Waals surface area (Å²) in [5.74, 6) is 0. The normalized spacial score (nSPS) is 11.5. The predicted octanol–water partition coefficient (Wildman–Crippen LogP) is 3.70. The van der Waals surface area contributed by atoms with Crippen LogP contribution in [0.1, 0.15) is 13.8 Å². The summed E-state index contributed by atoms with van der Waals surface area (Å²) in [5, 5.41) is 1.96. The monoisotopic (exact) mass is 325 g/mol. The molecular formula is C19H23N3O2. The third-order valence-corrected chi connectivity index (χ3v) is 4.41. The third-order valence-electron chi connectivity index (χ3n) is 4.41. The second-order valence-corrected chi connectivity index (χ2v) is 5.77. The van der Waals surface area contributed by atoms with Gasteiger partial charge >= 0.3 is 6.09 Å². The van der Waals surface area contributed by atoms with Crippen LogP contribution in [0, 0.1) is 0 Å². The van der Waals surface area contributed by atoms with Crippen molar-refractivity contribution in [1.82, 2.24) is 9.47 Å². The van der Waals surface area contributed by atoms with Gasteiger partial charge in [-0.1, -0.05) is 32.0 Å². The zero-order valence-corrected chi connectivity index (χ0v) is 14.2. The molecule has 126 valence electrons. The molecule has 24 heavy (non-hydrogen) atoms. The van der Waals surface area contributed by atoms with Crippen LogP contribution in [0.25, 0.3) is 21.8 Å². The second kappa shape index (κ2) is 6.93. The number of para-hydroxylation sites is 1. The van der Waals surface area contributed by atoms with Crippen LogP contribution >= 0.6 is 0 Å². The summed E-state index contributed by atoms with van der Waals surface area (Å²) in [6.07, 6.45) is -0.349. The van der Waals surface area contributed by atoms with Crippen LogP contribution in [0.15, 0.2) is 42.5 Å². The number of nitrogen functional groups attached to an aromatic ring is 1. The maximum atomic E-state index is 12.7. The number of carbonyl (C=O) groups is 1. The maximum absolute atomic E-state index is 12.7. The molecule has 5 heteroatoms. The number of anilines is 1. The summed E-state index contributed by atoms with van der Waals surface area (Å²) in [6, 6.07) is 13.4. The van der Waals surface area contributed by atoms with Crippen molar-refractivity contribution in [2.24, 2.45) is 0 Å². The van der Waals surface area contributed by atoms with E-state index >= 15 is 0 Å². The van der Waals surface area contributed by atoms with Gasteiger partial charge in [0.05, 0.1) is 11.0 Å². The van der Waals surface area contributed by atoms with Gasteiger partial charge in [0.15, 0.2) is 0 Å². The number of rotatable bonds is 5. The Kier molecular flexibility index (Phi) is 4.71. The molecule has 2 N–H and O–H groups in total. The molecule has 0 radical (unpaired) electrons. The van der Waals surface area contributed by atoms with Gasteiger partial charge in [-0.05, 0) is 37.4 Å². The summed E-state index contributed by atoms with van der Waals surface area (Å²) in [5.41, 5.74) is 8.25.